The first kappa shape index (κ1) is 22.4. The Bertz CT molecular complexity index is 1340. The van der Waals surface area contributed by atoms with Crippen molar-refractivity contribution >= 4 is 50.2 Å². The van der Waals surface area contributed by atoms with Crippen LogP contribution in [-0.2, 0) is 17.8 Å². The number of methoxy groups -OCH3 is 2. The summed E-state index contributed by atoms with van der Waals surface area (Å²) in [5.41, 5.74) is 3.98. The Morgan fingerprint density at radius 3 is 2.82 bits per heavy atom. The van der Waals surface area contributed by atoms with E-state index in [0.29, 0.717) is 22.8 Å². The molecule has 8 nitrogen and oxygen atoms in total. The lowest BCUT2D eigenvalue weighted by atomic mass is 10.0. The Hall–Kier alpha value is -3.37. The Morgan fingerprint density at radius 2 is 2.00 bits per heavy atom. The summed E-state index contributed by atoms with van der Waals surface area (Å²) in [5, 5.41) is 4.58. The first-order chi connectivity index (χ1) is 16.6. The molecule has 0 atom stereocenters. The summed E-state index contributed by atoms with van der Waals surface area (Å²) >= 11 is 2.94. The quantitative estimate of drug-likeness (QED) is 0.299. The van der Waals surface area contributed by atoms with E-state index in [0.717, 1.165) is 34.4 Å². The number of rotatable bonds is 7. The maximum atomic E-state index is 12.6. The van der Waals surface area contributed by atoms with E-state index < -0.39 is 0 Å². The average Bonchev–Trinajstić information content (AvgIpc) is 3.32. The van der Waals surface area contributed by atoms with Gasteiger partial charge >= 0.3 is 0 Å². The van der Waals surface area contributed by atoms with Crippen molar-refractivity contribution in [3.63, 3.8) is 0 Å². The van der Waals surface area contributed by atoms with Gasteiger partial charge in [0.25, 0.3) is 0 Å². The summed E-state index contributed by atoms with van der Waals surface area (Å²) < 4.78 is 11.5. The SMILES string of the molecule is COc1ccc(NC(=O)CSc2ncnc3nc(N4CCc5ccccc5C4)sc23)c(OC)c1. The van der Waals surface area contributed by atoms with E-state index in [1.807, 2.05) is 0 Å². The number of nitrogens with zero attached hydrogens (tertiary/aromatic N) is 4. The van der Waals surface area contributed by atoms with Gasteiger partial charge in [0, 0.05) is 19.2 Å². The van der Waals surface area contributed by atoms with Crippen LogP contribution < -0.4 is 19.7 Å². The normalized spacial score (nSPS) is 12.9. The van der Waals surface area contributed by atoms with Crippen molar-refractivity contribution in [3.8, 4) is 11.5 Å². The van der Waals surface area contributed by atoms with Crippen molar-refractivity contribution in [1.29, 1.82) is 0 Å². The van der Waals surface area contributed by atoms with Crippen LogP contribution in [0.4, 0.5) is 10.8 Å². The number of carbonyl (C=O) groups excluding carboxylic acids is 1. The van der Waals surface area contributed by atoms with Crippen molar-refractivity contribution in [2.75, 3.05) is 36.7 Å². The Labute approximate surface area is 205 Å². The lowest BCUT2D eigenvalue weighted by Crippen LogP contribution is -2.30. The summed E-state index contributed by atoms with van der Waals surface area (Å²) in [7, 11) is 3.14. The molecule has 10 heteroatoms. The van der Waals surface area contributed by atoms with Gasteiger partial charge in [0.1, 0.15) is 27.6 Å². The molecule has 0 saturated heterocycles. The lowest BCUT2D eigenvalue weighted by Gasteiger charge is -2.28. The molecule has 0 spiro atoms. The summed E-state index contributed by atoms with van der Waals surface area (Å²) in [6, 6.07) is 13.8. The van der Waals surface area contributed by atoms with Gasteiger partial charge in [0.05, 0.1) is 25.7 Å². The van der Waals surface area contributed by atoms with Crippen LogP contribution in [-0.4, -0.2) is 47.4 Å². The Balaban J connectivity index is 1.29. The monoisotopic (exact) mass is 493 g/mol. The molecule has 174 valence electrons. The summed E-state index contributed by atoms with van der Waals surface area (Å²) in [6.07, 6.45) is 2.50. The molecule has 0 saturated carbocycles. The van der Waals surface area contributed by atoms with Crippen LogP contribution >= 0.6 is 23.1 Å². The number of carbonyl (C=O) groups is 1. The number of hydrogen-bond acceptors (Lipinski definition) is 9. The van der Waals surface area contributed by atoms with E-state index >= 15 is 0 Å². The fraction of sp³-hybridized carbons (Fsp3) is 0.250. The van der Waals surface area contributed by atoms with Gasteiger partial charge in [-0.1, -0.05) is 47.4 Å². The second kappa shape index (κ2) is 9.86. The number of anilines is 2. The zero-order valence-electron chi connectivity index (χ0n) is 18.8. The molecule has 0 unspecified atom stereocenters. The van der Waals surface area contributed by atoms with E-state index in [2.05, 4.69) is 44.5 Å². The number of nitrogens with one attached hydrogen (secondary N) is 1. The molecule has 3 heterocycles. The maximum Gasteiger partial charge on any atom is 0.234 e. The molecule has 2 aromatic heterocycles. The largest absolute Gasteiger partial charge is 0.497 e. The molecular weight excluding hydrogens is 470 g/mol. The molecule has 1 N–H and O–H groups in total. The molecule has 34 heavy (non-hydrogen) atoms. The molecule has 5 rings (SSSR count). The molecular formula is C24H23N5O3S2. The van der Waals surface area contributed by atoms with Crippen molar-refractivity contribution in [2.45, 2.75) is 18.0 Å². The molecule has 1 aliphatic heterocycles. The zero-order chi connectivity index (χ0) is 23.5. The number of hydrogen-bond donors (Lipinski definition) is 1. The molecule has 0 radical (unpaired) electrons. The molecule has 0 bridgehead atoms. The van der Waals surface area contributed by atoms with E-state index in [-0.39, 0.29) is 11.7 Å². The number of aromatic nitrogens is 3. The number of fused-ring (bicyclic) bond motifs is 2. The van der Waals surface area contributed by atoms with Gasteiger partial charge in [-0.15, -0.1) is 0 Å². The van der Waals surface area contributed by atoms with Gasteiger partial charge in [-0.3, -0.25) is 4.79 Å². The van der Waals surface area contributed by atoms with Crippen LogP contribution in [0.25, 0.3) is 10.3 Å². The van der Waals surface area contributed by atoms with Crippen LogP contribution in [0.15, 0.2) is 53.8 Å². The Kier molecular flexibility index (Phi) is 6.50. The average molecular weight is 494 g/mol. The standard InChI is InChI=1S/C24H23N5O3S2/c1-31-17-7-8-18(19(11-17)32-2)27-20(30)13-33-23-21-22(25-14-26-23)28-24(34-21)29-10-9-15-5-3-4-6-16(15)12-29/h3-8,11,14H,9-10,12-13H2,1-2H3,(H,27,30). The van der Waals surface area contributed by atoms with Crippen LogP contribution in [0.3, 0.4) is 0 Å². The first-order valence-corrected chi connectivity index (χ1v) is 12.5. The number of benzene rings is 2. The summed E-state index contributed by atoms with van der Waals surface area (Å²) in [4.78, 5) is 28.4. The van der Waals surface area contributed by atoms with E-state index in [9.17, 15) is 4.79 Å². The molecule has 1 amide bonds. The third-order valence-corrected chi connectivity index (χ3v) is 7.80. The number of thiazole rings is 1. The minimum atomic E-state index is -0.155. The predicted octanol–water partition coefficient (Wildman–Crippen LogP) is 4.40. The highest BCUT2D eigenvalue weighted by atomic mass is 32.2. The number of amides is 1. The molecule has 2 aromatic carbocycles. The van der Waals surface area contributed by atoms with Crippen LogP contribution in [0.1, 0.15) is 11.1 Å². The van der Waals surface area contributed by atoms with Gasteiger partial charge < -0.3 is 19.7 Å². The number of thioether (sulfide) groups is 1. The van der Waals surface area contributed by atoms with Crippen molar-refractivity contribution < 1.29 is 14.3 Å². The minimum Gasteiger partial charge on any atom is -0.497 e. The molecule has 0 aliphatic carbocycles. The van der Waals surface area contributed by atoms with Crippen LogP contribution in [0.2, 0.25) is 0 Å². The fourth-order valence-electron chi connectivity index (χ4n) is 3.84. The first-order valence-electron chi connectivity index (χ1n) is 10.7. The summed E-state index contributed by atoms with van der Waals surface area (Å²) in [5.74, 6) is 1.24. The highest BCUT2D eigenvalue weighted by Gasteiger charge is 2.21. The van der Waals surface area contributed by atoms with Gasteiger partial charge in [-0.25, -0.2) is 9.97 Å². The van der Waals surface area contributed by atoms with Crippen molar-refractivity contribution in [2.24, 2.45) is 0 Å². The number of ether oxygens (including phenoxy) is 2. The highest BCUT2D eigenvalue weighted by Crippen LogP contribution is 2.36. The summed E-state index contributed by atoms with van der Waals surface area (Å²) in [6.45, 7) is 1.75. The van der Waals surface area contributed by atoms with E-state index in [1.54, 1.807) is 43.8 Å². The van der Waals surface area contributed by atoms with Gasteiger partial charge in [-0.2, -0.15) is 4.98 Å². The Morgan fingerprint density at radius 1 is 1.15 bits per heavy atom. The zero-order valence-corrected chi connectivity index (χ0v) is 20.4. The van der Waals surface area contributed by atoms with Gasteiger partial charge in [0.15, 0.2) is 10.8 Å². The van der Waals surface area contributed by atoms with E-state index in [1.165, 1.54) is 29.2 Å². The van der Waals surface area contributed by atoms with Crippen molar-refractivity contribution in [1.82, 2.24) is 15.0 Å². The maximum absolute atomic E-state index is 12.6. The molecule has 1 aliphatic rings. The van der Waals surface area contributed by atoms with Gasteiger partial charge in [0.2, 0.25) is 5.91 Å². The minimum absolute atomic E-state index is 0.155. The third-order valence-electron chi connectivity index (χ3n) is 5.57. The third kappa shape index (κ3) is 4.64. The van der Waals surface area contributed by atoms with Crippen LogP contribution in [0, 0.1) is 0 Å². The van der Waals surface area contributed by atoms with Crippen LogP contribution in [0.5, 0.6) is 11.5 Å². The van der Waals surface area contributed by atoms with Crippen molar-refractivity contribution in [3.05, 3.63) is 59.9 Å². The van der Waals surface area contributed by atoms with Gasteiger partial charge in [-0.05, 0) is 29.7 Å². The topological polar surface area (TPSA) is 89.5 Å². The fourth-order valence-corrected chi connectivity index (χ4v) is 5.76. The highest BCUT2D eigenvalue weighted by molar-refractivity contribution is 8.00. The van der Waals surface area contributed by atoms with E-state index in [4.69, 9.17) is 14.5 Å². The second-order valence-electron chi connectivity index (χ2n) is 7.67. The molecule has 4 aromatic rings. The smallest absolute Gasteiger partial charge is 0.234 e. The second-order valence-corrected chi connectivity index (χ2v) is 9.61. The lowest BCUT2D eigenvalue weighted by molar-refractivity contribution is -0.113. The molecule has 0 fully saturated rings. The predicted molar refractivity (Wildman–Crippen MR) is 135 cm³/mol.